The summed E-state index contributed by atoms with van der Waals surface area (Å²) in [7, 11) is 1.32. The van der Waals surface area contributed by atoms with Crippen LogP contribution in [0.1, 0.15) is 17.4 Å². The Balaban J connectivity index is 2.53. The number of thioether (sulfide) groups is 1. The molecule has 0 aromatic carbocycles. The minimum atomic E-state index is -0.485. The van der Waals surface area contributed by atoms with Crippen molar-refractivity contribution in [3.05, 3.63) is 20.8 Å². The van der Waals surface area contributed by atoms with Gasteiger partial charge in [0.2, 0.25) is 0 Å². The van der Waals surface area contributed by atoms with Crippen LogP contribution in [0.5, 0.6) is 0 Å². The number of carbonyl (C=O) groups is 1. The summed E-state index contributed by atoms with van der Waals surface area (Å²) in [6.07, 6.45) is 0. The Hall–Kier alpha value is -1.54. The molecule has 20 heavy (non-hydrogen) atoms. The Morgan fingerprint density at radius 1 is 1.50 bits per heavy atom. The predicted octanol–water partition coefficient (Wildman–Crippen LogP) is 1.44. The van der Waals surface area contributed by atoms with E-state index in [4.69, 9.17) is 5.84 Å². The molecule has 108 valence electrons. The van der Waals surface area contributed by atoms with Crippen molar-refractivity contribution < 1.29 is 9.53 Å². The Kier molecular flexibility index (Phi) is 4.05. The molecule has 0 aliphatic rings. The van der Waals surface area contributed by atoms with E-state index < -0.39 is 5.25 Å². The standard InChI is InChI=1S/C12H15N3O3S2/c1-5-6(2)19-9-8(5)10(16)15(13)12(14-9)20-7(3)11(17)18-4/h7H,13H2,1-4H3. The molecule has 2 aromatic heterocycles. The van der Waals surface area contributed by atoms with Crippen molar-refractivity contribution in [1.82, 2.24) is 9.66 Å². The Labute approximate surface area is 123 Å². The van der Waals surface area contributed by atoms with E-state index >= 15 is 0 Å². The van der Waals surface area contributed by atoms with E-state index in [1.165, 1.54) is 18.4 Å². The third-order valence-corrected chi connectivity index (χ3v) is 5.16. The van der Waals surface area contributed by atoms with E-state index in [-0.39, 0.29) is 11.5 Å². The highest BCUT2D eigenvalue weighted by Crippen LogP contribution is 2.29. The second-order valence-electron chi connectivity index (χ2n) is 4.32. The molecule has 0 saturated carbocycles. The highest BCUT2D eigenvalue weighted by Gasteiger charge is 2.20. The summed E-state index contributed by atoms with van der Waals surface area (Å²) in [4.78, 5) is 29.8. The minimum Gasteiger partial charge on any atom is -0.468 e. The number of aryl methyl sites for hydroxylation is 2. The number of hydrogen-bond donors (Lipinski definition) is 1. The lowest BCUT2D eigenvalue weighted by Crippen LogP contribution is -2.30. The van der Waals surface area contributed by atoms with Gasteiger partial charge in [0, 0.05) is 4.88 Å². The molecule has 2 rings (SSSR count). The maximum absolute atomic E-state index is 12.3. The van der Waals surface area contributed by atoms with Crippen LogP contribution in [0, 0.1) is 13.8 Å². The molecule has 1 unspecified atom stereocenters. The zero-order valence-corrected chi connectivity index (χ0v) is 13.2. The number of ether oxygens (including phenoxy) is 1. The van der Waals surface area contributed by atoms with Crippen molar-refractivity contribution in [2.75, 3.05) is 13.0 Å². The molecular weight excluding hydrogens is 298 g/mol. The third kappa shape index (κ3) is 2.40. The lowest BCUT2D eigenvalue weighted by molar-refractivity contribution is -0.139. The fourth-order valence-corrected chi connectivity index (χ4v) is 3.67. The van der Waals surface area contributed by atoms with Gasteiger partial charge in [-0.2, -0.15) is 0 Å². The van der Waals surface area contributed by atoms with Gasteiger partial charge in [0.05, 0.1) is 12.5 Å². The van der Waals surface area contributed by atoms with E-state index in [0.29, 0.717) is 15.4 Å². The lowest BCUT2D eigenvalue weighted by atomic mass is 10.2. The van der Waals surface area contributed by atoms with E-state index in [1.54, 1.807) is 6.92 Å². The number of fused-ring (bicyclic) bond motifs is 1. The van der Waals surface area contributed by atoms with Crippen molar-refractivity contribution in [2.45, 2.75) is 31.2 Å². The Morgan fingerprint density at radius 2 is 2.15 bits per heavy atom. The molecule has 8 heteroatoms. The maximum Gasteiger partial charge on any atom is 0.318 e. The van der Waals surface area contributed by atoms with Crippen LogP contribution in [-0.4, -0.2) is 28.0 Å². The summed E-state index contributed by atoms with van der Waals surface area (Å²) in [5, 5.41) is 0.369. The molecule has 1 atom stereocenters. The van der Waals surface area contributed by atoms with Gasteiger partial charge in [-0.25, -0.2) is 9.66 Å². The monoisotopic (exact) mass is 313 g/mol. The Morgan fingerprint density at radius 3 is 2.75 bits per heavy atom. The van der Waals surface area contributed by atoms with Gasteiger partial charge < -0.3 is 10.6 Å². The molecule has 6 nitrogen and oxygen atoms in total. The van der Waals surface area contributed by atoms with Crippen molar-refractivity contribution in [3.63, 3.8) is 0 Å². The SMILES string of the molecule is COC(=O)C(C)Sc1nc2sc(C)c(C)c2c(=O)n1N. The van der Waals surface area contributed by atoms with Gasteiger partial charge >= 0.3 is 5.97 Å². The highest BCUT2D eigenvalue weighted by molar-refractivity contribution is 8.00. The van der Waals surface area contributed by atoms with Crippen LogP contribution >= 0.6 is 23.1 Å². The number of rotatable bonds is 3. The zero-order valence-electron chi connectivity index (χ0n) is 11.6. The molecule has 0 radical (unpaired) electrons. The van der Waals surface area contributed by atoms with Crippen LogP contribution in [0.3, 0.4) is 0 Å². The van der Waals surface area contributed by atoms with Gasteiger partial charge in [-0.1, -0.05) is 11.8 Å². The molecule has 0 bridgehead atoms. The highest BCUT2D eigenvalue weighted by atomic mass is 32.2. The minimum absolute atomic E-state index is 0.295. The molecule has 2 heterocycles. The number of carbonyl (C=O) groups excluding carboxylic acids is 1. The van der Waals surface area contributed by atoms with Crippen LogP contribution < -0.4 is 11.4 Å². The van der Waals surface area contributed by atoms with Crippen molar-refractivity contribution in [1.29, 1.82) is 0 Å². The molecule has 0 fully saturated rings. The number of hydrogen-bond acceptors (Lipinski definition) is 7. The van der Waals surface area contributed by atoms with Crippen LogP contribution in [-0.2, 0) is 9.53 Å². The first-order valence-electron chi connectivity index (χ1n) is 5.89. The molecule has 0 aliphatic heterocycles. The van der Waals surface area contributed by atoms with E-state index in [9.17, 15) is 9.59 Å². The number of thiophene rings is 1. The van der Waals surface area contributed by atoms with Crippen LogP contribution in [0.25, 0.3) is 10.2 Å². The first-order valence-corrected chi connectivity index (χ1v) is 7.58. The summed E-state index contributed by atoms with van der Waals surface area (Å²) in [6, 6.07) is 0. The van der Waals surface area contributed by atoms with Crippen molar-refractivity contribution in [2.24, 2.45) is 0 Å². The number of esters is 1. The number of methoxy groups -OCH3 is 1. The number of aromatic nitrogens is 2. The third-order valence-electron chi connectivity index (χ3n) is 3.02. The Bertz CT molecular complexity index is 736. The fraction of sp³-hybridized carbons (Fsp3) is 0.417. The van der Waals surface area contributed by atoms with E-state index in [2.05, 4.69) is 9.72 Å². The van der Waals surface area contributed by atoms with Crippen LogP contribution in [0.15, 0.2) is 9.95 Å². The second-order valence-corrected chi connectivity index (χ2v) is 6.83. The summed E-state index contributed by atoms with van der Waals surface area (Å²) in [6.45, 7) is 5.49. The van der Waals surface area contributed by atoms with Crippen molar-refractivity contribution in [3.8, 4) is 0 Å². The molecule has 0 amide bonds. The second kappa shape index (κ2) is 5.45. The first-order chi connectivity index (χ1) is 9.36. The first kappa shape index (κ1) is 14.9. The summed E-state index contributed by atoms with van der Waals surface area (Å²) >= 11 is 2.55. The fourth-order valence-electron chi connectivity index (χ4n) is 1.74. The van der Waals surface area contributed by atoms with Crippen molar-refractivity contribution >= 4 is 39.3 Å². The summed E-state index contributed by atoms with van der Waals surface area (Å²) < 4.78 is 5.64. The molecular formula is C12H15N3O3S2. The summed E-state index contributed by atoms with van der Waals surface area (Å²) in [5.41, 5.74) is 0.607. The average molecular weight is 313 g/mol. The predicted molar refractivity (Wildman–Crippen MR) is 80.8 cm³/mol. The smallest absolute Gasteiger partial charge is 0.318 e. The van der Waals surface area contributed by atoms with Crippen LogP contribution in [0.4, 0.5) is 0 Å². The maximum atomic E-state index is 12.3. The molecule has 2 aromatic rings. The summed E-state index contributed by atoms with van der Waals surface area (Å²) in [5.74, 6) is 5.40. The van der Waals surface area contributed by atoms with Gasteiger partial charge in [0.1, 0.15) is 10.1 Å². The molecule has 0 saturated heterocycles. The van der Waals surface area contributed by atoms with Gasteiger partial charge in [-0.15, -0.1) is 11.3 Å². The quantitative estimate of drug-likeness (QED) is 0.399. The van der Waals surface area contributed by atoms with E-state index in [0.717, 1.165) is 26.9 Å². The van der Waals surface area contributed by atoms with Gasteiger partial charge in [-0.05, 0) is 26.3 Å². The van der Waals surface area contributed by atoms with Gasteiger partial charge in [0.15, 0.2) is 5.16 Å². The molecule has 0 aliphatic carbocycles. The van der Waals surface area contributed by atoms with E-state index in [1.807, 2.05) is 13.8 Å². The normalized spacial score (nSPS) is 12.6. The molecule has 2 N–H and O–H groups in total. The van der Waals surface area contributed by atoms with Gasteiger partial charge in [0.25, 0.3) is 5.56 Å². The molecule has 0 spiro atoms. The average Bonchev–Trinajstić information content (AvgIpc) is 2.70. The zero-order chi connectivity index (χ0) is 15.0. The number of nitrogens with two attached hydrogens (primary N) is 1. The number of nitrogen functional groups attached to an aromatic ring is 1. The van der Waals surface area contributed by atoms with Crippen LogP contribution in [0.2, 0.25) is 0 Å². The van der Waals surface area contributed by atoms with Gasteiger partial charge in [-0.3, -0.25) is 9.59 Å². The lowest BCUT2D eigenvalue weighted by Gasteiger charge is -2.10. The largest absolute Gasteiger partial charge is 0.468 e. The topological polar surface area (TPSA) is 87.2 Å². The number of nitrogens with zero attached hydrogens (tertiary/aromatic N) is 2.